The molecule has 1 saturated heterocycles. The lowest BCUT2D eigenvalue weighted by Crippen LogP contribution is -2.43. The molecule has 1 aliphatic carbocycles. The topological polar surface area (TPSA) is 97.3 Å². The zero-order chi connectivity index (χ0) is 32.5. The van der Waals surface area contributed by atoms with Gasteiger partial charge in [0.2, 0.25) is 0 Å². The van der Waals surface area contributed by atoms with Crippen LogP contribution in [0.3, 0.4) is 0 Å². The number of amides is 1. The molecule has 2 fully saturated rings. The number of nitrogens with one attached hydrogen (secondary N) is 1. The van der Waals surface area contributed by atoms with Crippen molar-refractivity contribution in [3.63, 3.8) is 0 Å². The molecule has 2 N–H and O–H groups in total. The van der Waals surface area contributed by atoms with Crippen molar-refractivity contribution < 1.29 is 28.9 Å². The molecule has 0 spiro atoms. The molecule has 3 aromatic carbocycles. The van der Waals surface area contributed by atoms with Gasteiger partial charge in [-0.05, 0) is 47.6 Å². The zero-order valence-electron chi connectivity index (χ0n) is 26.9. The number of ether oxygens (including phenoxy) is 3. The highest BCUT2D eigenvalue weighted by Gasteiger charge is 2.34. The maximum Gasteiger partial charge on any atom is 0.303 e. The minimum absolute atomic E-state index is 0.00726. The predicted octanol–water partition coefficient (Wildman–Crippen LogP) is 6.39. The molecule has 0 aromatic heterocycles. The Morgan fingerprint density at radius 1 is 1.02 bits per heavy atom. The molecule has 5 rings (SSSR count). The molecule has 244 valence electrons. The SMILES string of the molecule is C=CCN(C[C@@H]1C[C@H](c2ccc(CO)cc2)O[C@H](c2ccc(-c3ccccc3CNC(=O)[C@H](C)OC(C)=O)cc2)O1)C1CCCC1. The first-order valence-corrected chi connectivity index (χ1v) is 16.3. The number of esters is 1. The Bertz CT molecular complexity index is 1450. The van der Waals surface area contributed by atoms with Gasteiger partial charge in [0.05, 0.1) is 18.8 Å². The molecule has 1 heterocycles. The van der Waals surface area contributed by atoms with Crippen LogP contribution in [-0.2, 0) is 37.0 Å². The van der Waals surface area contributed by atoms with Crippen LogP contribution in [0.4, 0.5) is 0 Å². The molecule has 1 aliphatic heterocycles. The van der Waals surface area contributed by atoms with E-state index in [0.29, 0.717) is 12.6 Å². The third kappa shape index (κ3) is 8.70. The van der Waals surface area contributed by atoms with E-state index in [9.17, 15) is 14.7 Å². The molecule has 8 nitrogen and oxygen atoms in total. The molecular weight excluding hydrogens is 580 g/mol. The van der Waals surface area contributed by atoms with Crippen LogP contribution in [0.15, 0.2) is 85.5 Å². The maximum absolute atomic E-state index is 12.4. The van der Waals surface area contributed by atoms with Gasteiger partial charge in [0.15, 0.2) is 12.4 Å². The lowest BCUT2D eigenvalue weighted by Gasteiger charge is -2.39. The van der Waals surface area contributed by atoms with Gasteiger partial charge in [-0.3, -0.25) is 14.5 Å². The van der Waals surface area contributed by atoms with E-state index in [1.165, 1.54) is 32.6 Å². The van der Waals surface area contributed by atoms with Gasteiger partial charge in [0, 0.05) is 44.6 Å². The average Bonchev–Trinajstić information content (AvgIpc) is 3.62. The van der Waals surface area contributed by atoms with Crippen molar-refractivity contribution in [2.24, 2.45) is 0 Å². The first-order valence-electron chi connectivity index (χ1n) is 16.3. The van der Waals surface area contributed by atoms with Crippen molar-refractivity contribution in [3.8, 4) is 11.1 Å². The summed E-state index contributed by atoms with van der Waals surface area (Å²) in [6, 6.07) is 24.7. The third-order valence-corrected chi connectivity index (χ3v) is 8.93. The van der Waals surface area contributed by atoms with Gasteiger partial charge in [-0.15, -0.1) is 6.58 Å². The monoisotopic (exact) mass is 626 g/mol. The molecule has 46 heavy (non-hydrogen) atoms. The Balaban J connectivity index is 1.34. The number of nitrogens with zero attached hydrogens (tertiary/aromatic N) is 1. The van der Waals surface area contributed by atoms with Crippen LogP contribution < -0.4 is 5.32 Å². The molecule has 1 saturated carbocycles. The quantitative estimate of drug-likeness (QED) is 0.168. The smallest absolute Gasteiger partial charge is 0.303 e. The van der Waals surface area contributed by atoms with Crippen LogP contribution in [0.2, 0.25) is 0 Å². The molecular formula is C38H46N2O6. The number of carbonyl (C=O) groups excluding carboxylic acids is 2. The second-order valence-corrected chi connectivity index (χ2v) is 12.3. The van der Waals surface area contributed by atoms with E-state index < -0.39 is 18.4 Å². The number of hydrogen-bond acceptors (Lipinski definition) is 7. The van der Waals surface area contributed by atoms with Crippen molar-refractivity contribution >= 4 is 11.9 Å². The minimum atomic E-state index is -0.860. The van der Waals surface area contributed by atoms with E-state index in [2.05, 4.69) is 28.9 Å². The fourth-order valence-corrected chi connectivity index (χ4v) is 6.51. The Morgan fingerprint density at radius 3 is 2.39 bits per heavy atom. The van der Waals surface area contributed by atoms with Gasteiger partial charge in [-0.1, -0.05) is 91.7 Å². The van der Waals surface area contributed by atoms with Gasteiger partial charge in [0.25, 0.3) is 5.91 Å². The van der Waals surface area contributed by atoms with Crippen LogP contribution in [0.5, 0.6) is 0 Å². The third-order valence-electron chi connectivity index (χ3n) is 8.93. The van der Waals surface area contributed by atoms with E-state index >= 15 is 0 Å². The first-order chi connectivity index (χ1) is 22.3. The van der Waals surface area contributed by atoms with Gasteiger partial charge in [-0.25, -0.2) is 0 Å². The summed E-state index contributed by atoms with van der Waals surface area (Å²) in [6.45, 7) is 8.82. The van der Waals surface area contributed by atoms with Crippen LogP contribution in [0.25, 0.3) is 11.1 Å². The number of aliphatic hydroxyl groups is 1. The first kappa shape index (κ1) is 33.5. The normalized spacial score (nSPS) is 20.7. The van der Waals surface area contributed by atoms with E-state index in [1.807, 2.05) is 66.7 Å². The van der Waals surface area contributed by atoms with E-state index in [0.717, 1.165) is 52.9 Å². The van der Waals surface area contributed by atoms with Crippen LogP contribution in [0, 0.1) is 0 Å². The molecule has 1 amide bonds. The van der Waals surface area contributed by atoms with Crippen molar-refractivity contribution in [1.82, 2.24) is 10.2 Å². The number of benzene rings is 3. The Kier molecular flexibility index (Phi) is 11.8. The highest BCUT2D eigenvalue weighted by atomic mass is 16.7. The van der Waals surface area contributed by atoms with E-state index in [4.69, 9.17) is 14.2 Å². The summed E-state index contributed by atoms with van der Waals surface area (Å²) in [4.78, 5) is 26.2. The molecule has 3 aromatic rings. The number of aliphatic hydroxyl groups excluding tert-OH is 1. The molecule has 0 unspecified atom stereocenters. The highest BCUT2D eigenvalue weighted by Crippen LogP contribution is 2.39. The summed E-state index contributed by atoms with van der Waals surface area (Å²) in [6.07, 6.45) is 6.11. The van der Waals surface area contributed by atoms with Crippen molar-refractivity contribution in [1.29, 1.82) is 0 Å². The van der Waals surface area contributed by atoms with Gasteiger partial charge in [-0.2, -0.15) is 0 Å². The molecule has 8 heteroatoms. The number of rotatable bonds is 13. The summed E-state index contributed by atoms with van der Waals surface area (Å²) in [5.74, 6) is -0.837. The van der Waals surface area contributed by atoms with Crippen LogP contribution in [-0.4, -0.2) is 53.2 Å². The molecule has 0 radical (unpaired) electrons. The standard InChI is InChI=1S/C38H46N2O6/c1-4-21-40(33-10-6-7-11-33)24-34-22-36(30-15-13-28(25-41)14-16-30)46-38(45-34)31-19-17-29(18-20-31)35-12-8-5-9-32(35)23-39-37(43)26(2)44-27(3)42/h4-5,8-9,12-20,26,33-34,36,38,41H,1,6-7,10-11,21-25H2,2-3H3,(H,39,43)/t26-,34-,36+,38+/m0/s1. The van der Waals surface area contributed by atoms with Crippen molar-refractivity contribution in [3.05, 3.63) is 108 Å². The maximum atomic E-state index is 12.4. The average molecular weight is 627 g/mol. The van der Waals surface area contributed by atoms with Crippen molar-refractivity contribution in [2.45, 2.75) is 89.7 Å². The van der Waals surface area contributed by atoms with Gasteiger partial charge < -0.3 is 24.6 Å². The number of hydrogen-bond donors (Lipinski definition) is 2. The molecule has 0 bridgehead atoms. The summed E-state index contributed by atoms with van der Waals surface area (Å²) in [7, 11) is 0. The lowest BCUT2D eigenvalue weighted by atomic mass is 9.97. The summed E-state index contributed by atoms with van der Waals surface area (Å²) >= 11 is 0. The fourth-order valence-electron chi connectivity index (χ4n) is 6.51. The Morgan fingerprint density at radius 2 is 1.72 bits per heavy atom. The van der Waals surface area contributed by atoms with Crippen LogP contribution in [0.1, 0.15) is 80.6 Å². The van der Waals surface area contributed by atoms with E-state index in [-0.39, 0.29) is 24.7 Å². The minimum Gasteiger partial charge on any atom is -0.453 e. The Labute approximate surface area is 272 Å². The molecule has 2 aliphatic rings. The summed E-state index contributed by atoms with van der Waals surface area (Å²) in [5.41, 5.74) is 5.82. The lowest BCUT2D eigenvalue weighted by molar-refractivity contribution is -0.253. The fraction of sp³-hybridized carbons (Fsp3) is 0.421. The van der Waals surface area contributed by atoms with Gasteiger partial charge >= 0.3 is 5.97 Å². The second-order valence-electron chi connectivity index (χ2n) is 12.3. The number of carbonyl (C=O) groups is 2. The summed E-state index contributed by atoms with van der Waals surface area (Å²) in [5, 5.41) is 12.4. The van der Waals surface area contributed by atoms with E-state index in [1.54, 1.807) is 6.92 Å². The molecule has 4 atom stereocenters. The zero-order valence-corrected chi connectivity index (χ0v) is 26.9. The van der Waals surface area contributed by atoms with Gasteiger partial charge in [0.1, 0.15) is 0 Å². The second kappa shape index (κ2) is 16.1. The summed E-state index contributed by atoms with van der Waals surface area (Å²) < 4.78 is 18.3. The Hall–Kier alpha value is -3.82. The largest absolute Gasteiger partial charge is 0.453 e. The van der Waals surface area contributed by atoms with Crippen LogP contribution >= 0.6 is 0 Å². The van der Waals surface area contributed by atoms with Crippen molar-refractivity contribution in [2.75, 3.05) is 13.1 Å². The highest BCUT2D eigenvalue weighted by molar-refractivity contribution is 5.83. The predicted molar refractivity (Wildman–Crippen MR) is 177 cm³/mol.